The average molecular weight is 656 g/mol. The number of hydrogen-bond donors (Lipinski definition) is 5. The van der Waals surface area contributed by atoms with Gasteiger partial charge in [0.15, 0.2) is 0 Å². The van der Waals surface area contributed by atoms with E-state index in [2.05, 4.69) is 43.6 Å². The molecule has 0 amide bonds. The van der Waals surface area contributed by atoms with Crippen molar-refractivity contribution in [1.82, 2.24) is 16.0 Å². The molecule has 0 saturated heterocycles. The Morgan fingerprint density at radius 3 is 2.20 bits per heavy atom. The Labute approximate surface area is 276 Å². The summed E-state index contributed by atoms with van der Waals surface area (Å²) in [6.45, 7) is 18.9. The van der Waals surface area contributed by atoms with Crippen LogP contribution in [0.1, 0.15) is 125 Å². The molecule has 0 aliphatic heterocycles. The molecule has 0 heterocycles. The highest BCUT2D eigenvalue weighted by Crippen LogP contribution is 2.68. The molecule has 4 rings (SSSR count). The number of hydrogen-bond acceptors (Lipinski definition) is 7. The highest BCUT2D eigenvalue weighted by molar-refractivity contribution is 7.80. The van der Waals surface area contributed by atoms with Gasteiger partial charge in [-0.3, -0.25) is 4.55 Å². The molecule has 0 radical (unpaired) electrons. The summed E-state index contributed by atoms with van der Waals surface area (Å²) in [6, 6.07) is 0.581. The molecular weight excluding hydrogens is 586 g/mol. The Bertz CT molecular complexity index is 1010. The van der Waals surface area contributed by atoms with Crippen LogP contribution in [0.2, 0.25) is 0 Å². The summed E-state index contributed by atoms with van der Waals surface area (Å²) in [5.41, 5.74) is 0.556. The van der Waals surface area contributed by atoms with Gasteiger partial charge >= 0.3 is 10.4 Å². The summed E-state index contributed by atoms with van der Waals surface area (Å²) in [6.07, 6.45) is 14.0. The van der Waals surface area contributed by atoms with E-state index in [1.165, 1.54) is 64.2 Å². The molecule has 4 aliphatic carbocycles. The Hall–Kier alpha value is -0.290. The van der Waals surface area contributed by atoms with Gasteiger partial charge in [-0.2, -0.15) is 8.42 Å². The van der Waals surface area contributed by atoms with Crippen LogP contribution in [0.25, 0.3) is 0 Å². The molecule has 11 atom stereocenters. The third kappa shape index (κ3) is 9.24. The maximum atomic E-state index is 11.8. The van der Waals surface area contributed by atoms with Crippen LogP contribution in [-0.2, 0) is 14.6 Å². The fourth-order valence-electron chi connectivity index (χ4n) is 11.0. The first-order valence-electron chi connectivity index (χ1n) is 18.8. The Balaban J connectivity index is 1.27. The van der Waals surface area contributed by atoms with Crippen molar-refractivity contribution in [3.8, 4) is 0 Å². The second-order valence-electron chi connectivity index (χ2n) is 16.5. The Morgan fingerprint density at radius 1 is 0.844 bits per heavy atom. The van der Waals surface area contributed by atoms with Crippen molar-refractivity contribution in [2.75, 3.05) is 32.7 Å². The van der Waals surface area contributed by atoms with Crippen LogP contribution in [0.15, 0.2) is 0 Å². The molecule has 0 aromatic carbocycles. The predicted molar refractivity (Wildman–Crippen MR) is 183 cm³/mol. The molecule has 0 aromatic rings. The smallest absolute Gasteiger partial charge is 0.393 e. The lowest BCUT2D eigenvalue weighted by Gasteiger charge is -2.62. The van der Waals surface area contributed by atoms with Crippen molar-refractivity contribution in [3.05, 3.63) is 0 Å². The quantitative estimate of drug-likeness (QED) is 0.0875. The van der Waals surface area contributed by atoms with Gasteiger partial charge in [0.25, 0.3) is 0 Å². The molecule has 4 fully saturated rings. The van der Waals surface area contributed by atoms with Gasteiger partial charge in [-0.05, 0) is 168 Å². The third-order valence-electron chi connectivity index (χ3n) is 13.5. The second kappa shape index (κ2) is 16.4. The van der Waals surface area contributed by atoms with Crippen molar-refractivity contribution in [3.63, 3.8) is 0 Å². The summed E-state index contributed by atoms with van der Waals surface area (Å²) < 4.78 is 37.2. The van der Waals surface area contributed by atoms with Crippen LogP contribution < -0.4 is 16.0 Å². The Morgan fingerprint density at radius 2 is 1.51 bits per heavy atom. The summed E-state index contributed by atoms with van der Waals surface area (Å²) >= 11 is 0. The van der Waals surface area contributed by atoms with Crippen molar-refractivity contribution in [1.29, 1.82) is 0 Å². The minimum atomic E-state index is -4.45. The maximum absolute atomic E-state index is 11.8. The van der Waals surface area contributed by atoms with Gasteiger partial charge in [0.2, 0.25) is 0 Å². The van der Waals surface area contributed by atoms with Crippen molar-refractivity contribution in [2.45, 2.75) is 143 Å². The predicted octanol–water partition coefficient (Wildman–Crippen LogP) is 6.20. The van der Waals surface area contributed by atoms with Gasteiger partial charge in [-0.15, -0.1) is 0 Å². The van der Waals surface area contributed by atoms with E-state index in [1.54, 1.807) is 0 Å². The van der Waals surface area contributed by atoms with E-state index in [1.807, 2.05) is 13.8 Å². The molecule has 0 spiro atoms. The summed E-state index contributed by atoms with van der Waals surface area (Å²) in [5, 5.41) is 22.7. The lowest BCUT2D eigenvalue weighted by Crippen LogP contribution is -2.59. The minimum Gasteiger partial charge on any atom is -0.393 e. The van der Waals surface area contributed by atoms with E-state index in [-0.39, 0.29) is 17.4 Å². The van der Waals surface area contributed by atoms with E-state index in [9.17, 15) is 18.1 Å². The van der Waals surface area contributed by atoms with Gasteiger partial charge in [0.1, 0.15) is 0 Å². The number of rotatable bonds is 18. The fraction of sp³-hybridized carbons (Fsp3) is 1.00. The van der Waals surface area contributed by atoms with Crippen molar-refractivity contribution >= 4 is 10.4 Å². The van der Waals surface area contributed by atoms with Gasteiger partial charge < -0.3 is 21.1 Å². The largest absolute Gasteiger partial charge is 0.397 e. The molecule has 8 nitrogen and oxygen atoms in total. The second-order valence-corrected chi connectivity index (χ2v) is 17.5. The molecule has 5 unspecified atom stereocenters. The van der Waals surface area contributed by atoms with Crippen molar-refractivity contribution in [2.24, 2.45) is 52.3 Å². The number of unbranched alkanes of at least 4 members (excludes halogenated alkanes) is 1. The van der Waals surface area contributed by atoms with Gasteiger partial charge in [-0.25, -0.2) is 4.18 Å². The number of aliphatic hydroxyl groups excluding tert-OH is 1. The van der Waals surface area contributed by atoms with E-state index in [0.717, 1.165) is 45.6 Å². The zero-order valence-electron chi connectivity index (χ0n) is 29.5. The first-order chi connectivity index (χ1) is 21.3. The minimum absolute atomic E-state index is 0.0166. The van der Waals surface area contributed by atoms with E-state index in [4.69, 9.17) is 4.18 Å². The normalized spacial score (nSPS) is 38.0. The zero-order chi connectivity index (χ0) is 32.8. The highest BCUT2D eigenvalue weighted by Gasteiger charge is 2.62. The van der Waals surface area contributed by atoms with Gasteiger partial charge in [0, 0.05) is 6.04 Å². The van der Waals surface area contributed by atoms with Crippen LogP contribution >= 0.6 is 0 Å². The summed E-state index contributed by atoms with van der Waals surface area (Å²) in [7, 11) is -4.45. The Kier molecular flexibility index (Phi) is 13.7. The molecule has 4 saturated carbocycles. The molecule has 45 heavy (non-hydrogen) atoms. The first kappa shape index (κ1) is 37.5. The van der Waals surface area contributed by atoms with Crippen LogP contribution in [0.5, 0.6) is 0 Å². The van der Waals surface area contributed by atoms with Crippen LogP contribution in [0.4, 0.5) is 0 Å². The van der Waals surface area contributed by atoms with Gasteiger partial charge in [0.05, 0.1) is 12.2 Å². The standard InChI is InChI=1S/C36H69N3O5S/c1-7-37-19-8-9-20-38-21-10-22-39-28-15-17-35(5)27(23-28)24-32(40)34-30-13-12-29(36(30,6)18-16-31(34)35)26(4)11-14-33(25(2)3)44-45(41,42)43/h25-34,37-40H,7-24H2,1-6H3,(H,41,42,43)/t26-,27?,28-,29?,30?,31?,32-,33+,34?,35-,36+/m0/s1. The highest BCUT2D eigenvalue weighted by atomic mass is 32.3. The summed E-state index contributed by atoms with van der Waals surface area (Å²) in [4.78, 5) is 0. The van der Waals surface area contributed by atoms with Crippen LogP contribution in [-0.4, -0.2) is 69.1 Å². The molecular formula is C36H69N3O5S. The molecule has 0 aromatic heterocycles. The van der Waals surface area contributed by atoms with Gasteiger partial charge in [-0.1, -0.05) is 41.5 Å². The zero-order valence-corrected chi connectivity index (χ0v) is 30.3. The fourth-order valence-corrected chi connectivity index (χ4v) is 11.6. The maximum Gasteiger partial charge on any atom is 0.397 e. The molecule has 5 N–H and O–H groups in total. The van der Waals surface area contributed by atoms with E-state index >= 15 is 0 Å². The monoisotopic (exact) mass is 655 g/mol. The van der Waals surface area contributed by atoms with E-state index in [0.29, 0.717) is 53.4 Å². The SMILES string of the molecule is CCNCCCCNCCCN[C@H]1CC[C@@]2(C)C(C1)C[C@H](O)C1C2CC[C@@]2(C)C1CCC2[C@@H](C)CC[C@@H](OS(=O)(=O)O)C(C)C. The average Bonchev–Trinajstić information content (AvgIpc) is 3.33. The lowest BCUT2D eigenvalue weighted by molar-refractivity contribution is -0.167. The third-order valence-corrected chi connectivity index (χ3v) is 14.0. The first-order valence-corrected chi connectivity index (χ1v) is 20.1. The van der Waals surface area contributed by atoms with Crippen LogP contribution in [0, 0.1) is 52.3 Å². The number of aliphatic hydroxyl groups is 1. The lowest BCUT2D eigenvalue weighted by atomic mass is 9.43. The molecule has 4 aliphatic rings. The molecule has 9 heteroatoms. The topological polar surface area (TPSA) is 120 Å². The molecule has 264 valence electrons. The molecule has 0 bridgehead atoms. The number of nitrogens with one attached hydrogen (secondary N) is 3. The summed E-state index contributed by atoms with van der Waals surface area (Å²) in [5.74, 6) is 3.23. The van der Waals surface area contributed by atoms with Crippen LogP contribution in [0.3, 0.4) is 0 Å². The van der Waals surface area contributed by atoms with Crippen molar-refractivity contribution < 1.29 is 22.3 Å². The van der Waals surface area contributed by atoms with E-state index < -0.39 is 16.5 Å². The number of fused-ring (bicyclic) bond motifs is 5.